The number of rotatable bonds is 16. The van der Waals surface area contributed by atoms with Gasteiger partial charge in [0.05, 0.1) is 6.04 Å². The molecule has 0 aliphatic carbocycles. The van der Waals surface area contributed by atoms with Crippen LogP contribution in [0.3, 0.4) is 0 Å². The Balaban J connectivity index is 3.01. The van der Waals surface area contributed by atoms with Crippen molar-refractivity contribution in [3.8, 4) is 0 Å². The zero-order valence-electron chi connectivity index (χ0n) is 21.4. The molecule has 1 fully saturated rings. The Labute approximate surface area is 212 Å². The Bertz CT molecular complexity index is 774. The predicted octanol–water partition coefficient (Wildman–Crippen LogP) is -1.41. The molecule has 0 aromatic rings. The number of likely N-dealkylation sites (tertiary alicyclic amines) is 1. The summed E-state index contributed by atoms with van der Waals surface area (Å²) in [5.41, 5.74) is 22.2. The zero-order chi connectivity index (χ0) is 27.3. The monoisotopic (exact) mass is 512 g/mol. The molecule has 1 aliphatic rings. The number of aliphatic carboxylic acids is 1. The molecule has 1 saturated heterocycles. The molecule has 0 saturated carbocycles. The molecule has 11 N–H and O–H groups in total. The van der Waals surface area contributed by atoms with E-state index < -0.39 is 47.9 Å². The average molecular weight is 513 g/mol. The van der Waals surface area contributed by atoms with Crippen molar-refractivity contribution in [2.45, 2.75) is 89.4 Å². The highest BCUT2D eigenvalue weighted by molar-refractivity contribution is 5.94. The van der Waals surface area contributed by atoms with E-state index in [9.17, 15) is 24.3 Å². The van der Waals surface area contributed by atoms with E-state index in [-0.39, 0.29) is 24.8 Å². The summed E-state index contributed by atoms with van der Waals surface area (Å²) in [7, 11) is 0. The van der Waals surface area contributed by atoms with Crippen LogP contribution in [0.25, 0.3) is 0 Å². The molecule has 0 bridgehead atoms. The number of amides is 3. The zero-order valence-corrected chi connectivity index (χ0v) is 21.4. The fraction of sp³-hybridized carbons (Fsp3) is 0.783. The number of nitrogens with one attached hydrogen (secondary N) is 2. The minimum atomic E-state index is -1.08. The van der Waals surface area contributed by atoms with Crippen LogP contribution in [0.5, 0.6) is 0 Å². The van der Waals surface area contributed by atoms with Gasteiger partial charge in [-0.25, -0.2) is 4.79 Å². The van der Waals surface area contributed by atoms with Gasteiger partial charge in [0.1, 0.15) is 18.1 Å². The van der Waals surface area contributed by atoms with Gasteiger partial charge in [-0.1, -0.05) is 26.7 Å². The number of carboxylic acids is 1. The molecule has 0 radical (unpaired) electrons. The van der Waals surface area contributed by atoms with Gasteiger partial charge in [0.2, 0.25) is 17.7 Å². The second-order valence-electron chi connectivity index (χ2n) is 9.30. The lowest BCUT2D eigenvalue weighted by Gasteiger charge is -2.30. The van der Waals surface area contributed by atoms with Gasteiger partial charge in [-0.15, -0.1) is 0 Å². The molecule has 1 heterocycles. The van der Waals surface area contributed by atoms with E-state index in [4.69, 9.17) is 22.9 Å². The van der Waals surface area contributed by atoms with Crippen LogP contribution in [0.2, 0.25) is 0 Å². The molecule has 5 unspecified atom stereocenters. The van der Waals surface area contributed by atoms with Crippen LogP contribution in [0.1, 0.15) is 65.2 Å². The number of aliphatic imine (C=N–C) groups is 1. The van der Waals surface area contributed by atoms with Crippen LogP contribution in [-0.4, -0.2) is 83.5 Å². The third kappa shape index (κ3) is 9.97. The Hall–Kier alpha value is -2.93. The number of carboxylic acid groups (broad SMARTS) is 1. The van der Waals surface area contributed by atoms with Crippen molar-refractivity contribution >= 4 is 29.7 Å². The van der Waals surface area contributed by atoms with Gasteiger partial charge >= 0.3 is 5.97 Å². The van der Waals surface area contributed by atoms with Crippen LogP contribution in [0, 0.1) is 5.92 Å². The molecule has 0 spiro atoms. The third-order valence-corrected chi connectivity index (χ3v) is 6.48. The van der Waals surface area contributed by atoms with Crippen LogP contribution in [0.15, 0.2) is 4.99 Å². The maximum atomic E-state index is 13.3. The summed E-state index contributed by atoms with van der Waals surface area (Å²) >= 11 is 0. The van der Waals surface area contributed by atoms with Gasteiger partial charge in [-0.2, -0.15) is 0 Å². The fourth-order valence-electron chi connectivity index (χ4n) is 4.11. The summed E-state index contributed by atoms with van der Waals surface area (Å²) in [6.07, 6.45) is 3.96. The van der Waals surface area contributed by atoms with Crippen LogP contribution < -0.4 is 33.6 Å². The summed E-state index contributed by atoms with van der Waals surface area (Å²) in [5, 5.41) is 15.0. The van der Waals surface area contributed by atoms with Crippen LogP contribution in [-0.2, 0) is 19.2 Å². The molecule has 0 aromatic carbocycles. The molecule has 0 aromatic heterocycles. The maximum Gasteiger partial charge on any atom is 0.326 e. The molecule has 1 aliphatic heterocycles. The number of carbonyl (C=O) groups excluding carboxylic acids is 3. The standard InChI is InChI=1S/C23H44N8O5/c1-3-14(2)18(30-19(32)15(25)8-4-5-11-24)20(33)29-16(9-6-12-28-23(26)27)21(34)31-13-7-10-17(31)22(35)36/h14-18H,3-13,24-25H2,1-2H3,(H,29,33)(H,30,32)(H,35,36)(H4,26,27,28). The van der Waals surface area contributed by atoms with Crippen molar-refractivity contribution in [2.75, 3.05) is 19.6 Å². The van der Waals surface area contributed by atoms with E-state index >= 15 is 0 Å². The highest BCUT2D eigenvalue weighted by atomic mass is 16.4. The minimum absolute atomic E-state index is 0.0882. The lowest BCUT2D eigenvalue weighted by molar-refractivity contribution is -0.149. The van der Waals surface area contributed by atoms with E-state index in [2.05, 4.69) is 15.6 Å². The average Bonchev–Trinajstić information content (AvgIpc) is 3.33. The van der Waals surface area contributed by atoms with Gasteiger partial charge in [0.15, 0.2) is 5.96 Å². The number of unbranched alkanes of at least 4 members (excludes halogenated alkanes) is 1. The van der Waals surface area contributed by atoms with Gasteiger partial charge < -0.3 is 43.6 Å². The van der Waals surface area contributed by atoms with Gasteiger partial charge in [-0.05, 0) is 51.0 Å². The Morgan fingerprint density at radius 2 is 1.78 bits per heavy atom. The Kier molecular flexibility index (Phi) is 13.8. The smallest absolute Gasteiger partial charge is 0.326 e. The molecule has 13 heteroatoms. The second-order valence-corrected chi connectivity index (χ2v) is 9.30. The molecule has 3 amide bonds. The van der Waals surface area contributed by atoms with Crippen molar-refractivity contribution < 1.29 is 24.3 Å². The van der Waals surface area contributed by atoms with Crippen LogP contribution in [0.4, 0.5) is 0 Å². The first-order valence-corrected chi connectivity index (χ1v) is 12.7. The highest BCUT2D eigenvalue weighted by Crippen LogP contribution is 2.20. The normalized spacial score (nSPS) is 18.6. The minimum Gasteiger partial charge on any atom is -0.480 e. The van der Waals surface area contributed by atoms with Crippen molar-refractivity contribution in [3.05, 3.63) is 0 Å². The topological polar surface area (TPSA) is 232 Å². The van der Waals surface area contributed by atoms with E-state index in [0.717, 1.165) is 6.42 Å². The largest absolute Gasteiger partial charge is 0.480 e. The lowest BCUT2D eigenvalue weighted by Crippen LogP contribution is -2.58. The van der Waals surface area contributed by atoms with Crippen LogP contribution >= 0.6 is 0 Å². The fourth-order valence-corrected chi connectivity index (χ4v) is 4.11. The summed E-state index contributed by atoms with van der Waals surface area (Å²) < 4.78 is 0. The number of hydrogen-bond donors (Lipinski definition) is 7. The SMILES string of the molecule is CCC(C)C(NC(=O)C(N)CCCCN)C(=O)NC(CCCN=C(N)N)C(=O)N1CCCC1C(=O)O. The van der Waals surface area contributed by atoms with E-state index in [1.165, 1.54) is 4.90 Å². The van der Waals surface area contributed by atoms with Gasteiger partial charge in [0.25, 0.3) is 0 Å². The number of carbonyl (C=O) groups is 4. The predicted molar refractivity (Wildman–Crippen MR) is 136 cm³/mol. The third-order valence-electron chi connectivity index (χ3n) is 6.48. The number of nitrogens with zero attached hydrogens (tertiary/aromatic N) is 2. The summed E-state index contributed by atoms with van der Waals surface area (Å²) in [6.45, 7) is 4.75. The number of nitrogens with two attached hydrogens (primary N) is 4. The van der Waals surface area contributed by atoms with Crippen molar-refractivity contribution in [1.82, 2.24) is 15.5 Å². The number of guanidine groups is 1. The van der Waals surface area contributed by atoms with E-state index in [1.54, 1.807) is 0 Å². The van der Waals surface area contributed by atoms with E-state index in [0.29, 0.717) is 51.6 Å². The van der Waals surface area contributed by atoms with Gasteiger partial charge in [-0.3, -0.25) is 19.4 Å². The first-order chi connectivity index (χ1) is 17.0. The van der Waals surface area contributed by atoms with Crippen molar-refractivity contribution in [1.29, 1.82) is 0 Å². The summed E-state index contributed by atoms with van der Waals surface area (Å²) in [5.74, 6) is -2.87. The lowest BCUT2D eigenvalue weighted by atomic mass is 9.96. The number of hydrogen-bond acceptors (Lipinski definition) is 7. The van der Waals surface area contributed by atoms with E-state index in [1.807, 2.05) is 13.8 Å². The molecular weight excluding hydrogens is 468 g/mol. The summed E-state index contributed by atoms with van der Waals surface area (Å²) in [6, 6.07) is -3.63. The quantitative estimate of drug-likeness (QED) is 0.0729. The second kappa shape index (κ2) is 15.9. The van der Waals surface area contributed by atoms with Crippen molar-refractivity contribution in [3.63, 3.8) is 0 Å². The molecular formula is C23H44N8O5. The molecule has 5 atom stereocenters. The molecule has 1 rings (SSSR count). The molecule has 36 heavy (non-hydrogen) atoms. The maximum absolute atomic E-state index is 13.3. The molecule has 206 valence electrons. The summed E-state index contributed by atoms with van der Waals surface area (Å²) in [4.78, 5) is 56.1. The molecule has 13 nitrogen and oxygen atoms in total. The highest BCUT2D eigenvalue weighted by Gasteiger charge is 2.38. The first kappa shape index (κ1) is 31.1. The van der Waals surface area contributed by atoms with Gasteiger partial charge in [0, 0.05) is 13.1 Å². The first-order valence-electron chi connectivity index (χ1n) is 12.7. The Morgan fingerprint density at radius 1 is 1.08 bits per heavy atom. The van der Waals surface area contributed by atoms with Crippen molar-refractivity contribution in [2.24, 2.45) is 33.8 Å². The Morgan fingerprint density at radius 3 is 2.36 bits per heavy atom.